The van der Waals surface area contributed by atoms with Crippen LogP contribution in [0.15, 0.2) is 17.6 Å². The molecule has 0 radical (unpaired) electrons. The minimum absolute atomic E-state index is 0.400. The summed E-state index contributed by atoms with van der Waals surface area (Å²) in [4.78, 5) is 4.27. The molecule has 0 aliphatic rings. The van der Waals surface area contributed by atoms with Crippen LogP contribution in [0.4, 0.5) is 0 Å². The van der Waals surface area contributed by atoms with E-state index in [0.29, 0.717) is 0 Å². The Morgan fingerprint density at radius 3 is 2.32 bits per heavy atom. The number of hydrogen-bond acceptors (Lipinski definition) is 3. The highest BCUT2D eigenvalue weighted by Gasteiger charge is 2.16. The van der Waals surface area contributed by atoms with E-state index in [2.05, 4.69) is 38.7 Å². The first-order valence-electron chi connectivity index (χ1n) is 6.64. The molecule has 1 N–H and O–H groups in total. The van der Waals surface area contributed by atoms with Gasteiger partial charge in [-0.15, -0.1) is 11.3 Å². The van der Waals surface area contributed by atoms with E-state index in [1.165, 1.54) is 22.3 Å². The van der Waals surface area contributed by atoms with Gasteiger partial charge in [0.1, 0.15) is 0 Å². The Labute approximate surface area is 119 Å². The first-order chi connectivity index (χ1) is 9.00. The van der Waals surface area contributed by atoms with Crippen LogP contribution in [0, 0.1) is 27.7 Å². The van der Waals surface area contributed by atoms with Crippen molar-refractivity contribution in [2.45, 2.75) is 46.6 Å². The van der Waals surface area contributed by atoms with Crippen LogP contribution < -0.4 is 0 Å². The summed E-state index contributed by atoms with van der Waals surface area (Å²) in [6.07, 6.45) is 2.99. The van der Waals surface area contributed by atoms with Gasteiger partial charge in [-0.05, 0) is 61.9 Å². The number of benzene rings is 1. The van der Waals surface area contributed by atoms with E-state index < -0.39 is 6.10 Å². The molecule has 0 aliphatic heterocycles. The fourth-order valence-electron chi connectivity index (χ4n) is 2.53. The Kier molecular flexibility index (Phi) is 4.38. The van der Waals surface area contributed by atoms with Gasteiger partial charge in [0, 0.05) is 18.0 Å². The summed E-state index contributed by atoms with van der Waals surface area (Å²) in [5.74, 6) is 0. The van der Waals surface area contributed by atoms with Crippen LogP contribution in [-0.2, 0) is 6.42 Å². The predicted molar refractivity (Wildman–Crippen MR) is 80.8 cm³/mol. The van der Waals surface area contributed by atoms with Crippen LogP contribution in [-0.4, -0.2) is 10.1 Å². The van der Waals surface area contributed by atoms with Crippen molar-refractivity contribution in [1.29, 1.82) is 0 Å². The van der Waals surface area contributed by atoms with Gasteiger partial charge in [0.25, 0.3) is 0 Å². The number of nitrogens with zero attached hydrogens (tertiary/aromatic N) is 1. The Balaban J connectivity index is 2.21. The monoisotopic (exact) mass is 275 g/mol. The molecule has 3 heteroatoms. The highest BCUT2D eigenvalue weighted by molar-refractivity contribution is 7.09. The summed E-state index contributed by atoms with van der Waals surface area (Å²) in [5.41, 5.74) is 6.05. The zero-order valence-electron chi connectivity index (χ0n) is 12.0. The van der Waals surface area contributed by atoms with Crippen molar-refractivity contribution in [3.8, 4) is 0 Å². The molecule has 0 saturated heterocycles. The van der Waals surface area contributed by atoms with E-state index in [1.807, 2.05) is 11.6 Å². The molecular weight excluding hydrogens is 254 g/mol. The van der Waals surface area contributed by atoms with Crippen LogP contribution in [0.5, 0.6) is 0 Å². The topological polar surface area (TPSA) is 33.1 Å². The number of aliphatic hydroxyl groups excluding tert-OH is 1. The van der Waals surface area contributed by atoms with Gasteiger partial charge in [-0.1, -0.05) is 6.07 Å². The normalized spacial score (nSPS) is 12.7. The van der Waals surface area contributed by atoms with E-state index in [4.69, 9.17) is 0 Å². The van der Waals surface area contributed by atoms with Gasteiger partial charge < -0.3 is 5.11 Å². The minimum atomic E-state index is -0.400. The van der Waals surface area contributed by atoms with Crippen molar-refractivity contribution in [2.75, 3.05) is 0 Å². The fourth-order valence-corrected chi connectivity index (χ4v) is 3.16. The van der Waals surface area contributed by atoms with Gasteiger partial charge in [-0.2, -0.15) is 0 Å². The lowest BCUT2D eigenvalue weighted by molar-refractivity contribution is 0.166. The van der Waals surface area contributed by atoms with Crippen molar-refractivity contribution in [3.05, 3.63) is 50.5 Å². The van der Waals surface area contributed by atoms with Crippen molar-refractivity contribution < 1.29 is 5.11 Å². The molecule has 2 nitrogen and oxygen atoms in total. The van der Waals surface area contributed by atoms with Crippen molar-refractivity contribution in [2.24, 2.45) is 0 Å². The Morgan fingerprint density at radius 2 is 1.79 bits per heavy atom. The number of thiazole rings is 1. The first-order valence-corrected chi connectivity index (χ1v) is 7.52. The second kappa shape index (κ2) is 5.85. The summed E-state index contributed by atoms with van der Waals surface area (Å²) >= 11 is 1.65. The maximum atomic E-state index is 10.5. The van der Waals surface area contributed by atoms with Gasteiger partial charge in [-0.25, -0.2) is 4.98 Å². The zero-order chi connectivity index (χ0) is 14.0. The Morgan fingerprint density at radius 1 is 1.16 bits per heavy atom. The van der Waals surface area contributed by atoms with Crippen molar-refractivity contribution in [1.82, 2.24) is 4.98 Å². The number of hydrogen-bond donors (Lipinski definition) is 1. The van der Waals surface area contributed by atoms with Crippen LogP contribution in [0.2, 0.25) is 0 Å². The smallest absolute Gasteiger partial charge is 0.0925 e. The third kappa shape index (κ3) is 3.04. The number of aromatic nitrogens is 1. The summed E-state index contributed by atoms with van der Waals surface area (Å²) < 4.78 is 0. The molecule has 1 unspecified atom stereocenters. The lowest BCUT2D eigenvalue weighted by Crippen LogP contribution is -2.07. The molecule has 0 saturated carbocycles. The van der Waals surface area contributed by atoms with Gasteiger partial charge in [-0.3, -0.25) is 0 Å². The van der Waals surface area contributed by atoms with Crippen molar-refractivity contribution in [3.63, 3.8) is 0 Å². The average molecular weight is 275 g/mol. The third-order valence-electron chi connectivity index (χ3n) is 3.87. The number of rotatable bonds is 4. The number of aliphatic hydroxyl groups is 1. The molecule has 0 amide bonds. The largest absolute Gasteiger partial charge is 0.388 e. The van der Waals surface area contributed by atoms with E-state index in [9.17, 15) is 5.11 Å². The summed E-state index contributed by atoms with van der Waals surface area (Å²) in [6, 6.07) is 2.20. The maximum Gasteiger partial charge on any atom is 0.0925 e. The minimum Gasteiger partial charge on any atom is -0.388 e. The first kappa shape index (κ1) is 14.2. The zero-order valence-corrected chi connectivity index (χ0v) is 12.8. The van der Waals surface area contributed by atoms with Gasteiger partial charge >= 0.3 is 0 Å². The molecule has 1 aromatic carbocycles. The van der Waals surface area contributed by atoms with Gasteiger partial charge in [0.2, 0.25) is 0 Å². The highest BCUT2D eigenvalue weighted by Crippen LogP contribution is 2.30. The van der Waals surface area contributed by atoms with E-state index in [1.54, 1.807) is 11.3 Å². The lowest BCUT2D eigenvalue weighted by atomic mass is 9.89. The molecule has 0 fully saturated rings. The molecule has 2 aromatic rings. The SMILES string of the molecule is Cc1cc(C)c(C)c(C(O)CCc2nccs2)c1C. The summed E-state index contributed by atoms with van der Waals surface area (Å²) in [5, 5.41) is 13.6. The second-order valence-electron chi connectivity index (χ2n) is 5.15. The highest BCUT2D eigenvalue weighted by atomic mass is 32.1. The molecule has 1 heterocycles. The molecule has 2 rings (SSSR count). The van der Waals surface area contributed by atoms with Crippen LogP contribution in [0.25, 0.3) is 0 Å². The molecule has 0 spiro atoms. The Bertz CT molecular complexity index is 534. The maximum absolute atomic E-state index is 10.5. The average Bonchev–Trinajstić information content (AvgIpc) is 2.87. The summed E-state index contributed by atoms with van der Waals surface area (Å²) in [6.45, 7) is 8.42. The van der Waals surface area contributed by atoms with Crippen molar-refractivity contribution >= 4 is 11.3 Å². The quantitative estimate of drug-likeness (QED) is 0.913. The number of aryl methyl sites for hydroxylation is 3. The molecule has 1 atom stereocenters. The molecule has 0 bridgehead atoms. The van der Waals surface area contributed by atoms with E-state index in [-0.39, 0.29) is 0 Å². The fraction of sp³-hybridized carbons (Fsp3) is 0.438. The van der Waals surface area contributed by atoms with Crippen LogP contribution in [0.1, 0.15) is 45.3 Å². The molecule has 19 heavy (non-hydrogen) atoms. The van der Waals surface area contributed by atoms with E-state index >= 15 is 0 Å². The standard InChI is InChI=1S/C16H21NOS/c1-10-9-11(2)13(4)16(12(10)3)14(18)5-6-15-17-7-8-19-15/h7-9,14,18H,5-6H2,1-4H3. The third-order valence-corrected chi connectivity index (χ3v) is 4.71. The molecular formula is C16H21NOS. The summed E-state index contributed by atoms with van der Waals surface area (Å²) in [7, 11) is 0. The van der Waals surface area contributed by atoms with Crippen LogP contribution in [0.3, 0.4) is 0 Å². The lowest BCUT2D eigenvalue weighted by Gasteiger charge is -2.20. The van der Waals surface area contributed by atoms with E-state index in [0.717, 1.165) is 23.4 Å². The molecule has 102 valence electrons. The predicted octanol–water partition coefficient (Wildman–Crippen LogP) is 4.04. The molecule has 0 aliphatic carbocycles. The van der Waals surface area contributed by atoms with Gasteiger partial charge in [0.15, 0.2) is 0 Å². The van der Waals surface area contributed by atoms with Crippen LogP contribution >= 0.6 is 11.3 Å². The Hall–Kier alpha value is -1.19. The molecule has 1 aromatic heterocycles. The second-order valence-corrected chi connectivity index (χ2v) is 6.13. The van der Waals surface area contributed by atoms with Gasteiger partial charge in [0.05, 0.1) is 11.1 Å².